The first-order chi connectivity index (χ1) is 7.16. The number of rotatable bonds is 1. The topological polar surface area (TPSA) is 38.2 Å². The van der Waals surface area contributed by atoms with Gasteiger partial charge >= 0.3 is 0 Å². The molecule has 0 saturated carbocycles. The number of aryl methyl sites for hydroxylation is 1. The fourth-order valence-electron chi connectivity index (χ4n) is 1.73. The summed E-state index contributed by atoms with van der Waals surface area (Å²) in [6.45, 7) is 6.55. The van der Waals surface area contributed by atoms with Crippen LogP contribution >= 0.6 is 22.6 Å². The molecule has 1 aromatic heterocycles. The molecule has 4 nitrogen and oxygen atoms in total. The van der Waals surface area contributed by atoms with Gasteiger partial charge in [-0.3, -0.25) is 0 Å². The molecule has 0 amide bonds. The summed E-state index contributed by atoms with van der Waals surface area (Å²) in [5, 5.41) is 0. The quantitative estimate of drug-likeness (QED) is 0.582. The Morgan fingerprint density at radius 2 is 2.33 bits per heavy atom. The van der Waals surface area contributed by atoms with Gasteiger partial charge in [0.2, 0.25) is 0 Å². The van der Waals surface area contributed by atoms with Crippen LogP contribution in [-0.4, -0.2) is 35.8 Å². The maximum atomic E-state index is 5.41. The van der Waals surface area contributed by atoms with Gasteiger partial charge in [0, 0.05) is 12.6 Å². The van der Waals surface area contributed by atoms with E-state index < -0.39 is 0 Å². The number of halogens is 1. The van der Waals surface area contributed by atoms with Gasteiger partial charge in [0.25, 0.3) is 0 Å². The van der Waals surface area contributed by atoms with Crippen molar-refractivity contribution < 1.29 is 4.74 Å². The predicted octanol–water partition coefficient (Wildman–Crippen LogP) is 1.61. The minimum Gasteiger partial charge on any atom is -0.377 e. The zero-order chi connectivity index (χ0) is 10.8. The van der Waals surface area contributed by atoms with Crippen molar-refractivity contribution in [2.75, 3.05) is 24.7 Å². The van der Waals surface area contributed by atoms with Crippen LogP contribution in [-0.2, 0) is 4.74 Å². The van der Waals surface area contributed by atoms with Crippen molar-refractivity contribution in [2.24, 2.45) is 0 Å². The van der Waals surface area contributed by atoms with Gasteiger partial charge in [-0.15, -0.1) is 0 Å². The van der Waals surface area contributed by atoms with Gasteiger partial charge in [0.1, 0.15) is 15.3 Å². The van der Waals surface area contributed by atoms with E-state index in [0.717, 1.165) is 35.1 Å². The van der Waals surface area contributed by atoms with E-state index in [1.807, 2.05) is 13.0 Å². The van der Waals surface area contributed by atoms with Crippen molar-refractivity contribution >= 4 is 28.4 Å². The van der Waals surface area contributed by atoms with Gasteiger partial charge in [-0.1, -0.05) is 0 Å². The van der Waals surface area contributed by atoms with Crippen LogP contribution in [0.2, 0.25) is 0 Å². The highest BCUT2D eigenvalue weighted by molar-refractivity contribution is 14.1. The Bertz CT molecular complexity index is 338. The summed E-state index contributed by atoms with van der Waals surface area (Å²) in [6.07, 6.45) is 0. The summed E-state index contributed by atoms with van der Waals surface area (Å²) in [5.74, 6) is 1.85. The fraction of sp³-hybridized carbons (Fsp3) is 0.600. The molecule has 1 saturated heterocycles. The number of anilines is 1. The lowest BCUT2D eigenvalue weighted by Gasteiger charge is -2.34. The zero-order valence-corrected chi connectivity index (χ0v) is 11.1. The number of aromatic nitrogens is 2. The van der Waals surface area contributed by atoms with Gasteiger partial charge < -0.3 is 9.64 Å². The molecule has 5 heteroatoms. The van der Waals surface area contributed by atoms with E-state index >= 15 is 0 Å². The van der Waals surface area contributed by atoms with Crippen molar-refractivity contribution in [3.05, 3.63) is 15.6 Å². The van der Waals surface area contributed by atoms with E-state index in [2.05, 4.69) is 44.4 Å². The minimum absolute atomic E-state index is 0.392. The number of hydrogen-bond acceptors (Lipinski definition) is 4. The molecule has 0 aromatic carbocycles. The molecule has 1 aliphatic rings. The minimum atomic E-state index is 0.392. The Kier molecular flexibility index (Phi) is 3.40. The Labute approximate surface area is 103 Å². The maximum Gasteiger partial charge on any atom is 0.133 e. The Balaban J connectivity index is 2.27. The van der Waals surface area contributed by atoms with E-state index in [-0.39, 0.29) is 0 Å². The van der Waals surface area contributed by atoms with Crippen LogP contribution in [0.1, 0.15) is 12.7 Å². The van der Waals surface area contributed by atoms with Crippen molar-refractivity contribution in [1.82, 2.24) is 9.97 Å². The number of hydrogen-bond donors (Lipinski definition) is 0. The second-order valence-electron chi connectivity index (χ2n) is 3.71. The van der Waals surface area contributed by atoms with Gasteiger partial charge in [-0.05, 0) is 36.4 Å². The summed E-state index contributed by atoms with van der Waals surface area (Å²) in [5.41, 5.74) is 0. The molecule has 2 heterocycles. The molecule has 0 bridgehead atoms. The maximum absolute atomic E-state index is 5.41. The molecule has 0 spiro atoms. The first kappa shape index (κ1) is 11.1. The number of ether oxygens (including phenoxy) is 1. The van der Waals surface area contributed by atoms with Crippen LogP contribution in [0.15, 0.2) is 6.07 Å². The molecule has 1 fully saturated rings. The Morgan fingerprint density at radius 3 is 3.00 bits per heavy atom. The number of morpholine rings is 1. The first-order valence-corrected chi connectivity index (χ1v) is 6.10. The average molecular weight is 319 g/mol. The Hall–Kier alpha value is -0.430. The predicted molar refractivity (Wildman–Crippen MR) is 67.1 cm³/mol. The average Bonchev–Trinajstić information content (AvgIpc) is 2.16. The van der Waals surface area contributed by atoms with Gasteiger partial charge in [0.05, 0.1) is 19.3 Å². The molecule has 0 aliphatic carbocycles. The van der Waals surface area contributed by atoms with Gasteiger partial charge in [-0.2, -0.15) is 0 Å². The first-order valence-electron chi connectivity index (χ1n) is 5.02. The summed E-state index contributed by atoms with van der Waals surface area (Å²) in [7, 11) is 0. The van der Waals surface area contributed by atoms with E-state index in [4.69, 9.17) is 4.74 Å². The highest BCUT2D eigenvalue weighted by Gasteiger charge is 2.20. The van der Waals surface area contributed by atoms with Gasteiger partial charge in [-0.25, -0.2) is 9.97 Å². The molecule has 82 valence electrons. The molecule has 1 aromatic rings. The van der Waals surface area contributed by atoms with Crippen molar-refractivity contribution in [3.8, 4) is 0 Å². The lowest BCUT2D eigenvalue weighted by molar-refractivity contribution is 0.0985. The van der Waals surface area contributed by atoms with Crippen molar-refractivity contribution in [2.45, 2.75) is 19.9 Å². The molecular weight excluding hydrogens is 305 g/mol. The molecule has 0 unspecified atom stereocenters. The van der Waals surface area contributed by atoms with Crippen LogP contribution in [0, 0.1) is 10.6 Å². The third-order valence-electron chi connectivity index (χ3n) is 2.46. The number of nitrogens with zero attached hydrogens (tertiary/aromatic N) is 3. The summed E-state index contributed by atoms with van der Waals surface area (Å²) >= 11 is 2.23. The molecule has 15 heavy (non-hydrogen) atoms. The highest BCUT2D eigenvalue weighted by Crippen LogP contribution is 2.18. The third kappa shape index (κ3) is 2.57. The smallest absolute Gasteiger partial charge is 0.133 e. The molecule has 0 radical (unpaired) electrons. The summed E-state index contributed by atoms with van der Waals surface area (Å²) in [4.78, 5) is 11.0. The third-order valence-corrected chi connectivity index (χ3v) is 3.01. The van der Waals surface area contributed by atoms with E-state index in [1.165, 1.54) is 0 Å². The largest absolute Gasteiger partial charge is 0.377 e. The molecular formula is C10H14IN3O. The second kappa shape index (κ2) is 4.61. The van der Waals surface area contributed by atoms with E-state index in [1.54, 1.807) is 0 Å². The van der Waals surface area contributed by atoms with Crippen molar-refractivity contribution in [1.29, 1.82) is 0 Å². The highest BCUT2D eigenvalue weighted by atomic mass is 127. The molecule has 1 atom stereocenters. The zero-order valence-electron chi connectivity index (χ0n) is 8.90. The van der Waals surface area contributed by atoms with E-state index in [9.17, 15) is 0 Å². The van der Waals surface area contributed by atoms with Crippen LogP contribution < -0.4 is 4.90 Å². The van der Waals surface area contributed by atoms with Crippen LogP contribution in [0.25, 0.3) is 0 Å². The Morgan fingerprint density at radius 1 is 1.53 bits per heavy atom. The normalized spacial score (nSPS) is 21.8. The van der Waals surface area contributed by atoms with E-state index in [0.29, 0.717) is 6.04 Å². The fourth-order valence-corrected chi connectivity index (χ4v) is 2.36. The standard InChI is InChI=1S/C10H14IN3O/c1-7-6-15-4-3-14(7)10-5-9(11)12-8(2)13-10/h5,7H,3-4,6H2,1-2H3/t7-/m1/s1. The second-order valence-corrected chi connectivity index (χ2v) is 4.82. The molecule has 0 N–H and O–H groups in total. The van der Waals surface area contributed by atoms with Crippen LogP contribution in [0.3, 0.4) is 0 Å². The van der Waals surface area contributed by atoms with Gasteiger partial charge in [0.15, 0.2) is 0 Å². The SMILES string of the molecule is Cc1nc(I)cc(N2CCOC[C@H]2C)n1. The van der Waals surface area contributed by atoms with Crippen LogP contribution in [0.5, 0.6) is 0 Å². The van der Waals surface area contributed by atoms with Crippen LogP contribution in [0.4, 0.5) is 5.82 Å². The van der Waals surface area contributed by atoms with Crippen molar-refractivity contribution in [3.63, 3.8) is 0 Å². The lowest BCUT2D eigenvalue weighted by Crippen LogP contribution is -2.44. The summed E-state index contributed by atoms with van der Waals surface area (Å²) in [6, 6.07) is 2.42. The summed E-state index contributed by atoms with van der Waals surface area (Å²) < 4.78 is 6.40. The molecule has 1 aliphatic heterocycles. The monoisotopic (exact) mass is 319 g/mol. The lowest BCUT2D eigenvalue weighted by atomic mass is 10.2. The molecule has 2 rings (SSSR count).